The van der Waals surface area contributed by atoms with Crippen LogP contribution in [0.2, 0.25) is 5.02 Å². The molecule has 0 bridgehead atoms. The lowest BCUT2D eigenvalue weighted by Crippen LogP contribution is -2.13. The summed E-state index contributed by atoms with van der Waals surface area (Å²) in [7, 11) is 6.14. The second-order valence-corrected chi connectivity index (χ2v) is 10.1. The Kier molecular flexibility index (Phi) is 9.95. The Morgan fingerprint density at radius 1 is 0.902 bits per heavy atom. The Balaban J connectivity index is 1.69. The summed E-state index contributed by atoms with van der Waals surface area (Å²) in [5, 5.41) is 14.1. The largest absolute Gasteiger partial charge is 0.495 e. The number of hydrogen-bond acceptors (Lipinski definition) is 8. The monoisotopic (exact) mass is 589 g/mol. The van der Waals surface area contributed by atoms with Gasteiger partial charge in [0.05, 0.1) is 45.4 Å². The molecule has 0 aliphatic heterocycles. The minimum atomic E-state index is -0.222. The van der Waals surface area contributed by atoms with Gasteiger partial charge in [0.15, 0.2) is 11.5 Å². The van der Waals surface area contributed by atoms with Gasteiger partial charge in [0.2, 0.25) is 11.7 Å². The highest BCUT2D eigenvalue weighted by molar-refractivity contribution is 7.99. The molecule has 1 N–H and O–H groups in total. The molecule has 0 atom stereocenters. The number of methoxy groups -OCH3 is 4. The number of hydrogen-bond donors (Lipinski definition) is 1. The van der Waals surface area contributed by atoms with Crippen LogP contribution in [0.3, 0.4) is 0 Å². The van der Waals surface area contributed by atoms with Crippen LogP contribution >= 0.6 is 23.4 Å². The molecule has 1 aromatic heterocycles. The molecule has 0 aliphatic rings. The quantitative estimate of drug-likeness (QED) is 0.185. The maximum Gasteiger partial charge on any atom is 0.225 e. The standard InChI is InChI=1S/C31H28ClN3O5S/c1-37-26-11-10-21(32)16-25(26)34-29(36)12-13-41-31-23(18-33)22(17-24(35-31)19-8-6-5-7-9-19)20-14-27(38-2)30(40-4)28(15-20)39-3/h5-11,14-17H,12-13H2,1-4H3,(H,34,36). The number of nitriles is 1. The smallest absolute Gasteiger partial charge is 0.225 e. The van der Waals surface area contributed by atoms with Crippen molar-refractivity contribution in [2.75, 3.05) is 39.5 Å². The van der Waals surface area contributed by atoms with Gasteiger partial charge in [-0.15, -0.1) is 11.8 Å². The van der Waals surface area contributed by atoms with Crippen LogP contribution in [0, 0.1) is 11.3 Å². The number of halogens is 1. The molecule has 8 nitrogen and oxygen atoms in total. The molecule has 3 aromatic carbocycles. The number of thioether (sulfide) groups is 1. The Morgan fingerprint density at radius 3 is 2.20 bits per heavy atom. The highest BCUT2D eigenvalue weighted by Gasteiger charge is 2.20. The fraction of sp³-hybridized carbons (Fsp3) is 0.194. The van der Waals surface area contributed by atoms with Gasteiger partial charge in [0.1, 0.15) is 16.8 Å². The summed E-state index contributed by atoms with van der Waals surface area (Å²) >= 11 is 7.42. The third kappa shape index (κ3) is 6.85. The highest BCUT2D eigenvalue weighted by Crippen LogP contribution is 2.43. The molecule has 0 radical (unpaired) electrons. The van der Waals surface area contributed by atoms with Crippen molar-refractivity contribution in [2.24, 2.45) is 0 Å². The van der Waals surface area contributed by atoms with Crippen LogP contribution in [0.1, 0.15) is 12.0 Å². The number of amides is 1. The number of nitrogens with zero attached hydrogens (tertiary/aromatic N) is 2. The first kappa shape index (κ1) is 29.6. The van der Waals surface area contributed by atoms with Gasteiger partial charge in [-0.3, -0.25) is 4.79 Å². The average Bonchev–Trinajstić information content (AvgIpc) is 3.00. The number of carbonyl (C=O) groups is 1. The molecule has 41 heavy (non-hydrogen) atoms. The van der Waals surface area contributed by atoms with Gasteiger partial charge in [-0.25, -0.2) is 4.98 Å². The van der Waals surface area contributed by atoms with Gasteiger partial charge in [-0.2, -0.15) is 5.26 Å². The third-order valence-electron chi connectivity index (χ3n) is 6.15. The summed E-state index contributed by atoms with van der Waals surface area (Å²) in [6.07, 6.45) is 0.169. The van der Waals surface area contributed by atoms with E-state index in [4.69, 9.17) is 35.5 Å². The second-order valence-electron chi connectivity index (χ2n) is 8.62. The highest BCUT2D eigenvalue weighted by atomic mass is 35.5. The zero-order valence-corrected chi connectivity index (χ0v) is 24.6. The minimum absolute atomic E-state index is 0.169. The van der Waals surface area contributed by atoms with Gasteiger partial charge in [-0.1, -0.05) is 41.9 Å². The summed E-state index contributed by atoms with van der Waals surface area (Å²) in [5.41, 5.74) is 3.78. The van der Waals surface area contributed by atoms with E-state index in [9.17, 15) is 10.1 Å². The zero-order valence-electron chi connectivity index (χ0n) is 23.0. The first-order chi connectivity index (χ1) is 19.9. The van der Waals surface area contributed by atoms with E-state index in [0.717, 1.165) is 5.56 Å². The van der Waals surface area contributed by atoms with Crippen molar-refractivity contribution in [2.45, 2.75) is 11.4 Å². The number of carbonyl (C=O) groups excluding carboxylic acids is 1. The molecule has 210 valence electrons. The Hall–Kier alpha value is -4.39. The summed E-state index contributed by atoms with van der Waals surface area (Å²) in [5.74, 6) is 2.04. The van der Waals surface area contributed by atoms with E-state index in [1.54, 1.807) is 44.6 Å². The lowest BCUT2D eigenvalue weighted by molar-refractivity contribution is -0.115. The molecule has 0 saturated carbocycles. The molecule has 1 amide bonds. The van der Waals surface area contributed by atoms with Crippen molar-refractivity contribution in [3.05, 3.63) is 77.3 Å². The Labute approximate surface area is 248 Å². The number of pyridine rings is 1. The van der Waals surface area contributed by atoms with Crippen molar-refractivity contribution >= 4 is 35.0 Å². The maximum atomic E-state index is 12.8. The number of anilines is 1. The van der Waals surface area contributed by atoms with Crippen LogP contribution < -0.4 is 24.3 Å². The van der Waals surface area contributed by atoms with E-state index in [2.05, 4.69) is 11.4 Å². The van der Waals surface area contributed by atoms with E-state index < -0.39 is 0 Å². The third-order valence-corrected chi connectivity index (χ3v) is 7.36. The molecule has 0 unspecified atom stereocenters. The average molecular weight is 590 g/mol. The maximum absolute atomic E-state index is 12.8. The zero-order chi connectivity index (χ0) is 29.4. The van der Waals surface area contributed by atoms with Gasteiger partial charge in [0, 0.05) is 28.3 Å². The van der Waals surface area contributed by atoms with Crippen LogP contribution in [0.25, 0.3) is 22.4 Å². The van der Waals surface area contributed by atoms with Crippen molar-refractivity contribution in [1.29, 1.82) is 5.26 Å². The summed E-state index contributed by atoms with van der Waals surface area (Å²) in [6.45, 7) is 0. The first-order valence-corrected chi connectivity index (χ1v) is 13.9. The van der Waals surface area contributed by atoms with Gasteiger partial charge in [-0.05, 0) is 42.0 Å². The lowest BCUT2D eigenvalue weighted by atomic mass is 9.98. The Morgan fingerprint density at radius 2 is 1.59 bits per heavy atom. The summed E-state index contributed by atoms with van der Waals surface area (Å²) < 4.78 is 21.9. The molecular weight excluding hydrogens is 562 g/mol. The second kappa shape index (κ2) is 13.8. The SMILES string of the molecule is COc1ccc(Cl)cc1NC(=O)CCSc1nc(-c2ccccc2)cc(-c2cc(OC)c(OC)c(OC)c2)c1C#N. The molecule has 0 spiro atoms. The lowest BCUT2D eigenvalue weighted by Gasteiger charge is -2.17. The Bertz CT molecular complexity index is 1570. The molecular formula is C31H28ClN3O5S. The van der Waals surface area contributed by atoms with Crippen LogP contribution in [-0.4, -0.2) is 45.1 Å². The van der Waals surface area contributed by atoms with Crippen LogP contribution in [0.15, 0.2) is 71.8 Å². The number of benzene rings is 3. The van der Waals surface area contributed by atoms with Crippen molar-refractivity contribution in [3.63, 3.8) is 0 Å². The van der Waals surface area contributed by atoms with E-state index in [-0.39, 0.29) is 12.3 Å². The fourth-order valence-electron chi connectivity index (χ4n) is 4.19. The predicted octanol–water partition coefficient (Wildman–Crippen LogP) is 7.10. The van der Waals surface area contributed by atoms with E-state index in [1.165, 1.54) is 26.0 Å². The number of aromatic nitrogens is 1. The number of nitrogens with one attached hydrogen (secondary N) is 1. The first-order valence-electron chi connectivity index (χ1n) is 12.5. The van der Waals surface area contributed by atoms with Crippen molar-refractivity contribution in [1.82, 2.24) is 4.98 Å². The molecule has 4 rings (SSSR count). The van der Waals surface area contributed by atoms with Crippen LogP contribution in [0.4, 0.5) is 5.69 Å². The number of rotatable bonds is 11. The molecule has 10 heteroatoms. The predicted molar refractivity (Wildman–Crippen MR) is 161 cm³/mol. The van der Waals surface area contributed by atoms with Crippen LogP contribution in [-0.2, 0) is 4.79 Å². The summed E-state index contributed by atoms with van der Waals surface area (Å²) in [6, 6.07) is 22.5. The van der Waals surface area contributed by atoms with E-state index >= 15 is 0 Å². The summed E-state index contributed by atoms with van der Waals surface area (Å²) in [4.78, 5) is 17.6. The van der Waals surface area contributed by atoms with E-state index in [1.807, 2.05) is 36.4 Å². The van der Waals surface area contributed by atoms with Crippen LogP contribution in [0.5, 0.6) is 23.0 Å². The minimum Gasteiger partial charge on any atom is -0.495 e. The van der Waals surface area contributed by atoms with Gasteiger partial charge in [0.25, 0.3) is 0 Å². The molecule has 0 saturated heterocycles. The molecule has 1 heterocycles. The number of ether oxygens (including phenoxy) is 4. The molecule has 0 aliphatic carbocycles. The van der Waals surface area contributed by atoms with Gasteiger partial charge < -0.3 is 24.3 Å². The molecule has 4 aromatic rings. The molecule has 0 fully saturated rings. The topological polar surface area (TPSA) is 103 Å². The normalized spacial score (nSPS) is 10.4. The van der Waals surface area contributed by atoms with Crippen molar-refractivity contribution < 1.29 is 23.7 Å². The fourth-order valence-corrected chi connectivity index (χ4v) is 5.30. The van der Waals surface area contributed by atoms with E-state index in [0.29, 0.717) is 66.9 Å². The van der Waals surface area contributed by atoms with Crippen molar-refractivity contribution in [3.8, 4) is 51.5 Å². The van der Waals surface area contributed by atoms with Gasteiger partial charge >= 0.3 is 0 Å².